The van der Waals surface area contributed by atoms with Gasteiger partial charge in [0.2, 0.25) is 0 Å². The van der Waals surface area contributed by atoms with Gasteiger partial charge >= 0.3 is 0 Å². The molecule has 106 valence electrons. The van der Waals surface area contributed by atoms with E-state index in [4.69, 9.17) is 0 Å². The summed E-state index contributed by atoms with van der Waals surface area (Å²) in [5.41, 5.74) is 1.17. The van der Waals surface area contributed by atoms with Crippen molar-refractivity contribution < 1.29 is 0 Å². The Morgan fingerprint density at radius 1 is 1.37 bits per heavy atom. The fraction of sp³-hybridized carbons (Fsp3) is 0.667. The number of hydrogen-bond donors (Lipinski definition) is 1. The first-order chi connectivity index (χ1) is 9.13. The van der Waals surface area contributed by atoms with Gasteiger partial charge in [0.25, 0.3) is 0 Å². The van der Waals surface area contributed by atoms with E-state index in [1.807, 2.05) is 12.3 Å². The van der Waals surface area contributed by atoms with Crippen LogP contribution in [0.1, 0.15) is 12.6 Å². The van der Waals surface area contributed by atoms with Crippen molar-refractivity contribution in [1.29, 1.82) is 0 Å². The van der Waals surface area contributed by atoms with Crippen LogP contribution in [0.25, 0.3) is 0 Å². The summed E-state index contributed by atoms with van der Waals surface area (Å²) in [6.07, 6.45) is 1.88. The molecule has 1 aliphatic heterocycles. The van der Waals surface area contributed by atoms with Crippen LogP contribution in [0.4, 0.5) is 0 Å². The molecule has 0 radical (unpaired) electrons. The molecular weight excluding hydrogens is 236 g/mol. The van der Waals surface area contributed by atoms with Crippen molar-refractivity contribution in [2.45, 2.75) is 19.5 Å². The highest BCUT2D eigenvalue weighted by molar-refractivity contribution is 5.03. The fourth-order valence-electron chi connectivity index (χ4n) is 2.74. The van der Waals surface area contributed by atoms with E-state index in [-0.39, 0.29) is 0 Å². The SMILES string of the molecule is CC1CNC(CN(C)C)CN(Cc2ccccn2)C1. The standard InChI is InChI=1S/C15H26N4/c1-13-8-17-15(10-18(2)3)12-19(9-13)11-14-6-4-5-7-16-14/h4-7,13,15,17H,8-12H2,1-3H3. The average molecular weight is 262 g/mol. The molecular formula is C15H26N4. The largest absolute Gasteiger partial charge is 0.311 e. The van der Waals surface area contributed by atoms with Crippen molar-refractivity contribution >= 4 is 0 Å². The van der Waals surface area contributed by atoms with Crippen molar-refractivity contribution in [1.82, 2.24) is 20.1 Å². The number of likely N-dealkylation sites (N-methyl/N-ethyl adjacent to an activating group) is 1. The molecule has 1 fully saturated rings. The quantitative estimate of drug-likeness (QED) is 0.879. The highest BCUT2D eigenvalue weighted by Gasteiger charge is 2.21. The molecule has 0 spiro atoms. The van der Waals surface area contributed by atoms with Crippen LogP contribution in [-0.2, 0) is 6.54 Å². The van der Waals surface area contributed by atoms with Gasteiger partial charge in [-0.15, -0.1) is 0 Å². The summed E-state index contributed by atoms with van der Waals surface area (Å²) in [6.45, 7) is 7.71. The first-order valence-electron chi connectivity index (χ1n) is 7.14. The fourth-order valence-corrected chi connectivity index (χ4v) is 2.74. The predicted octanol–water partition coefficient (Wildman–Crippen LogP) is 1.05. The second kappa shape index (κ2) is 6.98. The van der Waals surface area contributed by atoms with Gasteiger partial charge in [0.05, 0.1) is 5.69 Å². The maximum absolute atomic E-state index is 4.44. The molecule has 1 aliphatic rings. The molecule has 19 heavy (non-hydrogen) atoms. The zero-order valence-corrected chi connectivity index (χ0v) is 12.3. The van der Waals surface area contributed by atoms with Crippen LogP contribution in [0.15, 0.2) is 24.4 Å². The third-order valence-electron chi connectivity index (χ3n) is 3.50. The molecule has 1 saturated heterocycles. The van der Waals surface area contributed by atoms with Gasteiger partial charge in [-0.25, -0.2) is 0 Å². The minimum atomic E-state index is 0.545. The minimum absolute atomic E-state index is 0.545. The lowest BCUT2D eigenvalue weighted by Gasteiger charge is -2.26. The Morgan fingerprint density at radius 3 is 2.89 bits per heavy atom. The summed E-state index contributed by atoms with van der Waals surface area (Å²) in [5, 5.41) is 3.67. The van der Waals surface area contributed by atoms with E-state index in [0.29, 0.717) is 12.0 Å². The molecule has 1 aromatic rings. The van der Waals surface area contributed by atoms with Crippen LogP contribution in [0, 0.1) is 5.92 Å². The summed E-state index contributed by atoms with van der Waals surface area (Å²) < 4.78 is 0. The first-order valence-corrected chi connectivity index (χ1v) is 7.14. The van der Waals surface area contributed by atoms with Crippen molar-refractivity contribution in [2.75, 3.05) is 40.3 Å². The molecule has 0 aromatic carbocycles. The van der Waals surface area contributed by atoms with Gasteiger partial charge in [-0.1, -0.05) is 13.0 Å². The molecule has 0 aliphatic carbocycles. The summed E-state index contributed by atoms with van der Waals surface area (Å²) in [4.78, 5) is 9.23. The Labute approximate surface area is 116 Å². The van der Waals surface area contributed by atoms with Crippen LogP contribution >= 0.6 is 0 Å². The lowest BCUT2D eigenvalue weighted by atomic mass is 10.2. The zero-order valence-electron chi connectivity index (χ0n) is 12.3. The number of nitrogens with zero attached hydrogens (tertiary/aromatic N) is 3. The van der Waals surface area contributed by atoms with Gasteiger partial charge in [0, 0.05) is 38.4 Å². The molecule has 4 heteroatoms. The summed E-state index contributed by atoms with van der Waals surface area (Å²) in [5.74, 6) is 0.691. The van der Waals surface area contributed by atoms with Gasteiger partial charge in [-0.2, -0.15) is 0 Å². The molecule has 1 aromatic heterocycles. The van der Waals surface area contributed by atoms with Crippen LogP contribution in [0.3, 0.4) is 0 Å². The minimum Gasteiger partial charge on any atom is -0.311 e. The Hall–Kier alpha value is -0.970. The van der Waals surface area contributed by atoms with Crippen LogP contribution in [0.5, 0.6) is 0 Å². The van der Waals surface area contributed by atoms with E-state index in [1.165, 1.54) is 5.69 Å². The summed E-state index contributed by atoms with van der Waals surface area (Å²) in [7, 11) is 4.28. The lowest BCUT2D eigenvalue weighted by molar-refractivity contribution is 0.222. The normalized spacial score (nSPS) is 25.5. The van der Waals surface area contributed by atoms with Gasteiger partial charge in [-0.05, 0) is 38.7 Å². The van der Waals surface area contributed by atoms with Gasteiger partial charge in [0.1, 0.15) is 0 Å². The monoisotopic (exact) mass is 262 g/mol. The maximum Gasteiger partial charge on any atom is 0.0543 e. The van der Waals surface area contributed by atoms with Crippen molar-refractivity contribution in [3.05, 3.63) is 30.1 Å². The molecule has 2 rings (SSSR count). The van der Waals surface area contributed by atoms with Crippen molar-refractivity contribution in [3.8, 4) is 0 Å². The number of hydrogen-bond acceptors (Lipinski definition) is 4. The van der Waals surface area contributed by atoms with Crippen molar-refractivity contribution in [3.63, 3.8) is 0 Å². The van der Waals surface area contributed by atoms with Crippen LogP contribution in [-0.4, -0.2) is 61.1 Å². The Bertz CT molecular complexity index is 366. The molecule has 0 saturated carbocycles. The van der Waals surface area contributed by atoms with E-state index in [1.54, 1.807) is 0 Å². The molecule has 2 heterocycles. The first kappa shape index (κ1) is 14.4. The topological polar surface area (TPSA) is 31.4 Å². The third-order valence-corrected chi connectivity index (χ3v) is 3.50. The Morgan fingerprint density at radius 2 is 2.21 bits per heavy atom. The van der Waals surface area contributed by atoms with Crippen molar-refractivity contribution in [2.24, 2.45) is 5.92 Å². The van der Waals surface area contributed by atoms with Gasteiger partial charge in [0.15, 0.2) is 0 Å². The zero-order chi connectivity index (χ0) is 13.7. The lowest BCUT2D eigenvalue weighted by Crippen LogP contribution is -2.44. The third kappa shape index (κ3) is 4.90. The van der Waals surface area contributed by atoms with E-state index in [0.717, 1.165) is 32.7 Å². The molecule has 0 bridgehead atoms. The second-order valence-electron chi connectivity index (χ2n) is 5.99. The highest BCUT2D eigenvalue weighted by Crippen LogP contribution is 2.10. The van der Waals surface area contributed by atoms with E-state index >= 15 is 0 Å². The van der Waals surface area contributed by atoms with Crippen LogP contribution < -0.4 is 5.32 Å². The second-order valence-corrected chi connectivity index (χ2v) is 5.99. The number of nitrogens with one attached hydrogen (secondary N) is 1. The van der Waals surface area contributed by atoms with E-state index in [2.05, 4.69) is 53.3 Å². The average Bonchev–Trinajstić information content (AvgIpc) is 2.52. The predicted molar refractivity (Wildman–Crippen MR) is 79.0 cm³/mol. The van der Waals surface area contributed by atoms with E-state index < -0.39 is 0 Å². The van der Waals surface area contributed by atoms with Gasteiger partial charge < -0.3 is 10.2 Å². The molecule has 2 atom stereocenters. The number of rotatable bonds is 4. The smallest absolute Gasteiger partial charge is 0.0543 e. The van der Waals surface area contributed by atoms with E-state index in [9.17, 15) is 0 Å². The molecule has 0 amide bonds. The maximum atomic E-state index is 4.44. The van der Waals surface area contributed by atoms with Crippen LogP contribution in [0.2, 0.25) is 0 Å². The Balaban J connectivity index is 1.97. The molecule has 1 N–H and O–H groups in total. The molecule has 4 nitrogen and oxygen atoms in total. The summed E-state index contributed by atoms with van der Waals surface area (Å²) >= 11 is 0. The number of aromatic nitrogens is 1. The molecule has 2 unspecified atom stereocenters. The summed E-state index contributed by atoms with van der Waals surface area (Å²) in [6, 6.07) is 6.71. The highest BCUT2D eigenvalue weighted by atomic mass is 15.2. The number of pyridine rings is 1. The van der Waals surface area contributed by atoms with Gasteiger partial charge in [-0.3, -0.25) is 9.88 Å². The Kier molecular flexibility index (Phi) is 5.31.